The molecule has 0 saturated heterocycles. The van der Waals surface area contributed by atoms with Crippen molar-refractivity contribution in [3.8, 4) is 11.5 Å². The Labute approximate surface area is 190 Å². The van der Waals surface area contributed by atoms with Crippen molar-refractivity contribution >= 4 is 22.0 Å². The third kappa shape index (κ3) is 4.99. The van der Waals surface area contributed by atoms with Crippen LogP contribution in [0.15, 0.2) is 77.0 Å². The minimum absolute atomic E-state index is 0.0442. The topological polar surface area (TPSA) is 131 Å². The third-order valence-electron chi connectivity index (χ3n) is 4.82. The molecule has 0 radical (unpaired) electrons. The largest absolute Gasteiger partial charge is 0.508 e. The monoisotopic (exact) mass is 468 g/mol. The molecule has 1 aliphatic heterocycles. The van der Waals surface area contributed by atoms with Gasteiger partial charge in [-0.2, -0.15) is 10.1 Å². The van der Waals surface area contributed by atoms with Crippen molar-refractivity contribution in [3.63, 3.8) is 0 Å². The lowest BCUT2D eigenvalue weighted by Gasteiger charge is -2.25. The van der Waals surface area contributed by atoms with Gasteiger partial charge in [-0.05, 0) is 54.6 Å². The summed E-state index contributed by atoms with van der Waals surface area (Å²) in [6.45, 7) is 0. The maximum atomic E-state index is 12.7. The molecule has 0 fully saturated rings. The highest BCUT2D eigenvalue weighted by molar-refractivity contribution is 7.90. The zero-order valence-corrected chi connectivity index (χ0v) is 18.3. The number of phenolic OH excluding ortho intramolecular Hbond substituents is 1. The van der Waals surface area contributed by atoms with Gasteiger partial charge in [0.05, 0.1) is 11.1 Å². The van der Waals surface area contributed by atoms with Crippen LogP contribution in [0.2, 0.25) is 0 Å². The molecular formula is C22H20N4O6S. The molecule has 2 atom stereocenters. The number of nitrogens with zero attached hydrogens (tertiary/aromatic N) is 4. The molecule has 0 spiro atoms. The Morgan fingerprint density at radius 1 is 1.06 bits per heavy atom. The standard InChI is InChI=1S/C22H20N4O6S/c1-31-22-19(13-25-26(22)21(28)15-3-5-16(27)6-4-15)32-17-7-9-18(10-8-17)33(29,30)14-20-23-11-2-12-24-20/h2-13,19,22,27H,14H2,1H3. The van der Waals surface area contributed by atoms with Crippen molar-refractivity contribution in [3.05, 3.63) is 78.4 Å². The van der Waals surface area contributed by atoms with E-state index in [1.165, 1.54) is 74.2 Å². The van der Waals surface area contributed by atoms with Gasteiger partial charge in [0.2, 0.25) is 0 Å². The van der Waals surface area contributed by atoms with Crippen LogP contribution >= 0.6 is 0 Å². The molecule has 2 heterocycles. The predicted octanol–water partition coefficient (Wildman–Crippen LogP) is 2.02. The number of methoxy groups -OCH3 is 1. The molecule has 11 heteroatoms. The second-order valence-electron chi connectivity index (χ2n) is 7.07. The molecule has 10 nitrogen and oxygen atoms in total. The van der Waals surface area contributed by atoms with Gasteiger partial charge < -0.3 is 14.6 Å². The van der Waals surface area contributed by atoms with E-state index in [1.54, 1.807) is 6.07 Å². The normalized spacial score (nSPS) is 17.8. The lowest BCUT2D eigenvalue weighted by molar-refractivity contribution is -0.0467. The predicted molar refractivity (Wildman–Crippen MR) is 117 cm³/mol. The van der Waals surface area contributed by atoms with Crippen molar-refractivity contribution in [2.45, 2.75) is 23.0 Å². The quantitative estimate of drug-likeness (QED) is 0.557. The van der Waals surface area contributed by atoms with Crippen LogP contribution < -0.4 is 4.74 Å². The summed E-state index contributed by atoms with van der Waals surface area (Å²) in [6.07, 6.45) is 2.87. The summed E-state index contributed by atoms with van der Waals surface area (Å²) >= 11 is 0. The molecule has 0 saturated carbocycles. The molecule has 2 aromatic carbocycles. The van der Waals surface area contributed by atoms with Crippen LogP contribution in [0.4, 0.5) is 0 Å². The maximum Gasteiger partial charge on any atom is 0.276 e. The van der Waals surface area contributed by atoms with E-state index in [-0.39, 0.29) is 22.2 Å². The molecule has 1 amide bonds. The average Bonchev–Trinajstić information content (AvgIpc) is 3.22. The van der Waals surface area contributed by atoms with Crippen molar-refractivity contribution in [1.29, 1.82) is 0 Å². The van der Waals surface area contributed by atoms with Crippen LogP contribution in [0.1, 0.15) is 16.2 Å². The summed E-state index contributed by atoms with van der Waals surface area (Å²) in [4.78, 5) is 20.8. The van der Waals surface area contributed by atoms with E-state index in [2.05, 4.69) is 15.1 Å². The smallest absolute Gasteiger partial charge is 0.276 e. The molecule has 3 aromatic rings. The number of rotatable bonds is 7. The molecule has 33 heavy (non-hydrogen) atoms. The fraction of sp³-hybridized carbons (Fsp3) is 0.182. The second-order valence-corrected chi connectivity index (χ2v) is 9.05. The Hall–Kier alpha value is -3.83. The number of carbonyl (C=O) groups excluding carboxylic acids is 1. The van der Waals surface area contributed by atoms with Crippen molar-refractivity contribution < 1.29 is 27.8 Å². The van der Waals surface area contributed by atoms with Crippen LogP contribution in [0, 0.1) is 0 Å². The Morgan fingerprint density at radius 2 is 1.73 bits per heavy atom. The van der Waals surface area contributed by atoms with Gasteiger partial charge in [0.15, 0.2) is 22.2 Å². The molecule has 0 bridgehead atoms. The number of benzene rings is 2. The van der Waals surface area contributed by atoms with Crippen LogP contribution in [-0.2, 0) is 20.3 Å². The molecule has 1 aromatic heterocycles. The average molecular weight is 468 g/mol. The van der Waals surface area contributed by atoms with Crippen LogP contribution in [0.25, 0.3) is 0 Å². The highest BCUT2D eigenvalue weighted by atomic mass is 32.2. The number of ether oxygens (including phenoxy) is 2. The van der Waals surface area contributed by atoms with Crippen LogP contribution in [0.3, 0.4) is 0 Å². The second kappa shape index (κ2) is 9.35. The minimum atomic E-state index is -3.63. The fourth-order valence-electron chi connectivity index (χ4n) is 3.18. The summed E-state index contributed by atoms with van der Waals surface area (Å²) < 4.78 is 36.5. The highest BCUT2D eigenvalue weighted by Gasteiger charge is 2.37. The number of carbonyl (C=O) groups is 1. The highest BCUT2D eigenvalue weighted by Crippen LogP contribution is 2.24. The number of hydrazone groups is 1. The van der Waals surface area contributed by atoms with Gasteiger partial charge in [0.25, 0.3) is 5.91 Å². The van der Waals surface area contributed by atoms with Crippen LogP contribution in [-0.4, -0.2) is 60.1 Å². The first-order valence-electron chi connectivity index (χ1n) is 9.82. The summed E-state index contributed by atoms with van der Waals surface area (Å²) in [5.41, 5.74) is 0.324. The lowest BCUT2D eigenvalue weighted by Crippen LogP contribution is -2.43. The SMILES string of the molecule is COC1C(Oc2ccc(S(=O)(=O)Cc3ncccn3)cc2)C=NN1C(=O)c1ccc(O)cc1. The van der Waals surface area contributed by atoms with E-state index in [0.717, 1.165) is 5.01 Å². The van der Waals surface area contributed by atoms with Gasteiger partial charge in [0.1, 0.15) is 23.1 Å². The molecule has 1 aliphatic rings. The molecule has 1 N–H and O–H groups in total. The fourth-order valence-corrected chi connectivity index (χ4v) is 4.39. The summed E-state index contributed by atoms with van der Waals surface area (Å²) in [7, 11) is -2.20. The Balaban J connectivity index is 1.44. The van der Waals surface area contributed by atoms with E-state index in [4.69, 9.17) is 9.47 Å². The first kappa shape index (κ1) is 22.4. The van der Waals surface area contributed by atoms with E-state index >= 15 is 0 Å². The summed E-state index contributed by atoms with van der Waals surface area (Å²) in [6, 6.07) is 13.3. The summed E-state index contributed by atoms with van der Waals surface area (Å²) in [5, 5.41) is 14.7. The Morgan fingerprint density at radius 3 is 2.36 bits per heavy atom. The third-order valence-corrected chi connectivity index (χ3v) is 6.45. The number of phenols is 1. The van der Waals surface area contributed by atoms with E-state index in [1.807, 2.05) is 0 Å². The number of amides is 1. The molecule has 0 aliphatic carbocycles. The molecule has 170 valence electrons. The van der Waals surface area contributed by atoms with Crippen LogP contribution in [0.5, 0.6) is 11.5 Å². The maximum absolute atomic E-state index is 12.7. The number of hydrogen-bond acceptors (Lipinski definition) is 9. The number of aromatic nitrogens is 2. The summed E-state index contributed by atoms with van der Waals surface area (Å²) in [5.74, 6) is -0.108. The lowest BCUT2D eigenvalue weighted by atomic mass is 10.2. The van der Waals surface area contributed by atoms with Gasteiger partial charge >= 0.3 is 0 Å². The first-order valence-corrected chi connectivity index (χ1v) is 11.5. The molecule has 4 rings (SSSR count). The number of hydrogen-bond donors (Lipinski definition) is 1. The number of aromatic hydroxyl groups is 1. The Bertz CT molecular complexity index is 1250. The number of sulfone groups is 1. The van der Waals surface area contributed by atoms with Crippen molar-refractivity contribution in [2.75, 3.05) is 7.11 Å². The van der Waals surface area contributed by atoms with Crippen molar-refractivity contribution in [1.82, 2.24) is 15.0 Å². The Kier molecular flexibility index (Phi) is 6.33. The zero-order valence-electron chi connectivity index (χ0n) is 17.5. The van der Waals surface area contributed by atoms with Gasteiger partial charge in [-0.3, -0.25) is 4.79 Å². The van der Waals surface area contributed by atoms with Gasteiger partial charge in [0, 0.05) is 25.1 Å². The minimum Gasteiger partial charge on any atom is -0.508 e. The van der Waals surface area contributed by atoms with E-state index < -0.39 is 28.1 Å². The van der Waals surface area contributed by atoms with E-state index in [9.17, 15) is 18.3 Å². The molecule has 2 unspecified atom stereocenters. The zero-order chi connectivity index (χ0) is 23.4. The van der Waals surface area contributed by atoms with Crippen molar-refractivity contribution in [2.24, 2.45) is 5.10 Å². The first-order chi connectivity index (χ1) is 15.9. The van der Waals surface area contributed by atoms with Gasteiger partial charge in [-0.15, -0.1) is 0 Å². The van der Waals surface area contributed by atoms with Gasteiger partial charge in [-0.1, -0.05) is 0 Å². The van der Waals surface area contributed by atoms with Gasteiger partial charge in [-0.25, -0.2) is 18.4 Å². The van der Waals surface area contributed by atoms with E-state index in [0.29, 0.717) is 11.3 Å². The molecular weight excluding hydrogens is 448 g/mol.